The molecule has 1 atom stereocenters. The highest BCUT2D eigenvalue weighted by Crippen LogP contribution is 2.23. The quantitative estimate of drug-likeness (QED) is 0.317. The van der Waals surface area contributed by atoms with Crippen molar-refractivity contribution >= 4 is 51.9 Å². The highest BCUT2D eigenvalue weighted by Gasteiger charge is 2.22. The number of benzene rings is 3. The number of thioether (sulfide) groups is 1. The number of carbonyl (C=O) groups excluding carboxylic acids is 2. The van der Waals surface area contributed by atoms with Crippen LogP contribution in [0.2, 0.25) is 5.02 Å². The molecule has 0 aliphatic heterocycles. The van der Waals surface area contributed by atoms with E-state index in [9.17, 15) is 9.59 Å². The average molecular weight is 479 g/mol. The Bertz CT molecular complexity index is 1260. The van der Waals surface area contributed by atoms with Crippen LogP contribution in [0.1, 0.15) is 16.8 Å². The number of fused-ring (bicyclic) bond motifs is 1. The van der Waals surface area contributed by atoms with Gasteiger partial charge < -0.3 is 15.6 Å². The smallest absolute Gasteiger partial charge is 0.253 e. The molecule has 0 saturated carbocycles. The third-order valence-corrected chi connectivity index (χ3v) is 6.12. The maximum absolute atomic E-state index is 13.1. The Morgan fingerprint density at radius 1 is 1.06 bits per heavy atom. The lowest BCUT2D eigenvalue weighted by Crippen LogP contribution is -2.44. The van der Waals surface area contributed by atoms with Crippen molar-refractivity contribution < 1.29 is 9.59 Å². The van der Waals surface area contributed by atoms with Crippen LogP contribution in [0.4, 0.5) is 5.69 Å². The molecule has 3 N–H and O–H groups in total. The van der Waals surface area contributed by atoms with Crippen molar-refractivity contribution in [3.8, 4) is 11.4 Å². The number of aromatic nitrogens is 2. The molecule has 1 unspecified atom stereocenters. The molecule has 0 fully saturated rings. The predicted octanol–water partition coefficient (Wildman–Crippen LogP) is 5.37. The standard InChI is InChI=1S/C25H23ClN4O2S/c1-33-14-13-22(30-24(31)18-9-2-3-10-19(18)26)25(32)27-17-8-6-7-16(15-17)23-28-20-11-4-5-12-21(20)29-23/h2-12,15,22H,13-14H2,1H3,(H,27,32)(H,28,29)(H,30,31). The Morgan fingerprint density at radius 3 is 2.64 bits per heavy atom. The van der Waals surface area contributed by atoms with Gasteiger partial charge in [-0.3, -0.25) is 9.59 Å². The van der Waals surface area contributed by atoms with Gasteiger partial charge in [-0.2, -0.15) is 11.8 Å². The topological polar surface area (TPSA) is 86.9 Å². The molecule has 1 aromatic heterocycles. The number of para-hydroxylation sites is 2. The first-order valence-corrected chi connectivity index (χ1v) is 12.2. The summed E-state index contributed by atoms with van der Waals surface area (Å²) in [5.41, 5.74) is 3.64. The Hall–Kier alpha value is -3.29. The Morgan fingerprint density at radius 2 is 1.85 bits per heavy atom. The molecule has 0 bridgehead atoms. The molecular weight excluding hydrogens is 456 g/mol. The van der Waals surface area contributed by atoms with Crippen LogP contribution in [0.3, 0.4) is 0 Å². The van der Waals surface area contributed by atoms with E-state index >= 15 is 0 Å². The molecule has 0 aliphatic carbocycles. The molecule has 33 heavy (non-hydrogen) atoms. The van der Waals surface area contributed by atoms with E-state index in [-0.39, 0.29) is 11.8 Å². The van der Waals surface area contributed by atoms with Crippen molar-refractivity contribution in [1.29, 1.82) is 0 Å². The van der Waals surface area contributed by atoms with E-state index in [1.54, 1.807) is 36.0 Å². The van der Waals surface area contributed by atoms with Gasteiger partial charge in [-0.05, 0) is 54.8 Å². The van der Waals surface area contributed by atoms with E-state index < -0.39 is 6.04 Å². The van der Waals surface area contributed by atoms with Crippen LogP contribution in [-0.2, 0) is 4.79 Å². The van der Waals surface area contributed by atoms with Crippen molar-refractivity contribution in [3.63, 3.8) is 0 Å². The molecule has 0 aliphatic rings. The van der Waals surface area contributed by atoms with E-state index in [0.29, 0.717) is 22.7 Å². The molecule has 8 heteroatoms. The number of H-pyrrole nitrogens is 1. The summed E-state index contributed by atoms with van der Waals surface area (Å²) in [6.07, 6.45) is 2.45. The highest BCUT2D eigenvalue weighted by atomic mass is 35.5. The Kier molecular flexibility index (Phi) is 7.32. The molecule has 6 nitrogen and oxygen atoms in total. The van der Waals surface area contributed by atoms with E-state index in [2.05, 4.69) is 20.6 Å². The second-order valence-corrected chi connectivity index (χ2v) is 8.85. The van der Waals surface area contributed by atoms with Crippen LogP contribution in [0.25, 0.3) is 22.4 Å². The molecule has 2 amide bonds. The maximum Gasteiger partial charge on any atom is 0.253 e. The second-order valence-electron chi connectivity index (χ2n) is 7.46. The summed E-state index contributed by atoms with van der Waals surface area (Å²) in [6, 6.07) is 21.3. The van der Waals surface area contributed by atoms with Crippen molar-refractivity contribution in [3.05, 3.63) is 83.4 Å². The number of rotatable bonds is 8. The lowest BCUT2D eigenvalue weighted by atomic mass is 10.1. The molecular formula is C25H23ClN4O2S. The van der Waals surface area contributed by atoms with E-state index in [1.807, 2.05) is 54.8 Å². The van der Waals surface area contributed by atoms with Crippen LogP contribution in [0, 0.1) is 0 Å². The summed E-state index contributed by atoms with van der Waals surface area (Å²) < 4.78 is 0. The van der Waals surface area contributed by atoms with Crippen molar-refractivity contribution in [2.24, 2.45) is 0 Å². The predicted molar refractivity (Wildman–Crippen MR) is 136 cm³/mol. The van der Waals surface area contributed by atoms with E-state index in [4.69, 9.17) is 11.6 Å². The fourth-order valence-corrected chi connectivity index (χ4v) is 4.14. The van der Waals surface area contributed by atoms with Crippen LogP contribution >= 0.6 is 23.4 Å². The summed E-state index contributed by atoms with van der Waals surface area (Å²) in [7, 11) is 0. The normalized spacial score (nSPS) is 11.8. The number of anilines is 1. The van der Waals surface area contributed by atoms with Crippen LogP contribution in [0.15, 0.2) is 72.8 Å². The number of amides is 2. The molecule has 1 heterocycles. The minimum atomic E-state index is -0.698. The fraction of sp³-hybridized carbons (Fsp3) is 0.160. The zero-order chi connectivity index (χ0) is 23.2. The van der Waals surface area contributed by atoms with E-state index in [0.717, 1.165) is 28.2 Å². The maximum atomic E-state index is 13.1. The van der Waals surface area contributed by atoms with Gasteiger partial charge in [0.05, 0.1) is 21.6 Å². The first-order chi connectivity index (χ1) is 16.0. The van der Waals surface area contributed by atoms with Crippen LogP contribution < -0.4 is 10.6 Å². The van der Waals surface area contributed by atoms with Crippen molar-refractivity contribution in [1.82, 2.24) is 15.3 Å². The number of aromatic amines is 1. The van der Waals surface area contributed by atoms with Gasteiger partial charge in [0.2, 0.25) is 5.91 Å². The Balaban J connectivity index is 1.51. The molecule has 168 valence electrons. The zero-order valence-corrected chi connectivity index (χ0v) is 19.5. The molecule has 0 saturated heterocycles. The van der Waals surface area contributed by atoms with Crippen LogP contribution in [-0.4, -0.2) is 39.8 Å². The monoisotopic (exact) mass is 478 g/mol. The number of halogens is 1. The molecule has 3 aromatic carbocycles. The number of carbonyl (C=O) groups is 2. The molecule has 0 spiro atoms. The number of hydrogen-bond acceptors (Lipinski definition) is 4. The molecule has 4 aromatic rings. The van der Waals surface area contributed by atoms with Crippen LogP contribution in [0.5, 0.6) is 0 Å². The first kappa shape index (κ1) is 22.9. The van der Waals surface area contributed by atoms with Crippen molar-refractivity contribution in [2.45, 2.75) is 12.5 Å². The van der Waals surface area contributed by atoms with Gasteiger partial charge in [0.1, 0.15) is 11.9 Å². The number of imidazole rings is 1. The van der Waals surface area contributed by atoms with Gasteiger partial charge in [0.15, 0.2) is 0 Å². The lowest BCUT2D eigenvalue weighted by molar-refractivity contribution is -0.118. The van der Waals surface area contributed by atoms with E-state index in [1.165, 1.54) is 0 Å². The third kappa shape index (κ3) is 5.56. The SMILES string of the molecule is CSCCC(NC(=O)c1ccccc1Cl)C(=O)Nc1cccc(-c2nc3ccccc3[nH]2)c1. The minimum Gasteiger partial charge on any atom is -0.340 e. The Labute approximate surface area is 201 Å². The fourth-order valence-electron chi connectivity index (χ4n) is 3.45. The van der Waals surface area contributed by atoms with Gasteiger partial charge >= 0.3 is 0 Å². The summed E-state index contributed by atoms with van der Waals surface area (Å²) in [5, 5.41) is 6.10. The first-order valence-electron chi connectivity index (χ1n) is 10.5. The number of nitrogens with zero attached hydrogens (tertiary/aromatic N) is 1. The van der Waals surface area contributed by atoms with Gasteiger partial charge in [0, 0.05) is 11.3 Å². The summed E-state index contributed by atoms with van der Waals surface area (Å²) >= 11 is 7.76. The number of nitrogens with one attached hydrogen (secondary N) is 3. The van der Waals surface area contributed by atoms with Gasteiger partial charge in [-0.25, -0.2) is 4.98 Å². The van der Waals surface area contributed by atoms with Gasteiger partial charge in [0.25, 0.3) is 5.91 Å². The summed E-state index contributed by atoms with van der Waals surface area (Å²) in [6.45, 7) is 0. The average Bonchev–Trinajstić information content (AvgIpc) is 3.26. The third-order valence-electron chi connectivity index (χ3n) is 5.14. The molecule has 4 rings (SSSR count). The van der Waals surface area contributed by atoms with Gasteiger partial charge in [-0.1, -0.05) is 48.0 Å². The largest absolute Gasteiger partial charge is 0.340 e. The van der Waals surface area contributed by atoms with Gasteiger partial charge in [-0.15, -0.1) is 0 Å². The minimum absolute atomic E-state index is 0.286. The zero-order valence-electron chi connectivity index (χ0n) is 18.0. The lowest BCUT2D eigenvalue weighted by Gasteiger charge is -2.19. The highest BCUT2D eigenvalue weighted by molar-refractivity contribution is 7.98. The number of hydrogen-bond donors (Lipinski definition) is 3. The molecule has 0 radical (unpaired) electrons. The summed E-state index contributed by atoms with van der Waals surface area (Å²) in [5.74, 6) is 0.780. The van der Waals surface area contributed by atoms with Crippen molar-refractivity contribution in [2.75, 3.05) is 17.3 Å². The second kappa shape index (κ2) is 10.6. The summed E-state index contributed by atoms with van der Waals surface area (Å²) in [4.78, 5) is 33.7.